The number of carbonyl (C=O) groups excluding carboxylic acids is 1. The molecule has 1 aromatic rings. The van der Waals surface area contributed by atoms with Crippen molar-refractivity contribution in [3.8, 4) is 0 Å². The van der Waals surface area contributed by atoms with E-state index in [9.17, 15) is 13.6 Å². The van der Waals surface area contributed by atoms with E-state index >= 15 is 0 Å². The van der Waals surface area contributed by atoms with Crippen LogP contribution in [0.1, 0.15) is 26.3 Å². The van der Waals surface area contributed by atoms with Gasteiger partial charge in [0, 0.05) is 29.1 Å². The maximum Gasteiger partial charge on any atom is 0.225 e. The minimum absolute atomic E-state index is 0.0255. The number of benzene rings is 1. The molecule has 0 aliphatic rings. The summed E-state index contributed by atoms with van der Waals surface area (Å²) in [5.41, 5.74) is -0.816. The number of aliphatic imine (C=N–C) groups is 1. The maximum atomic E-state index is 14.1. The Hall–Kier alpha value is -1.69. The Kier molecular flexibility index (Phi) is 5.44. The molecule has 1 rings (SSSR count). The molecule has 0 aliphatic heterocycles. The van der Waals surface area contributed by atoms with E-state index in [0.29, 0.717) is 0 Å². The summed E-state index contributed by atoms with van der Waals surface area (Å²) in [6, 6.07) is 2.39. The fraction of sp³-hybridized carbons (Fsp3) is 0.357. The molecule has 6 heteroatoms. The molecule has 0 saturated heterocycles. The van der Waals surface area contributed by atoms with Crippen LogP contribution < -0.4 is 5.32 Å². The molecule has 20 heavy (non-hydrogen) atoms. The average molecular weight is 298 g/mol. The van der Waals surface area contributed by atoms with Crippen LogP contribution in [0.4, 0.5) is 14.5 Å². The third-order valence-corrected chi connectivity index (χ3v) is 2.65. The molecule has 108 valence electrons. The van der Waals surface area contributed by atoms with E-state index in [1.54, 1.807) is 20.8 Å². The molecule has 0 saturated carbocycles. The Morgan fingerprint density at radius 1 is 1.40 bits per heavy atom. The van der Waals surface area contributed by atoms with E-state index in [4.69, 9.17) is 0 Å². The van der Waals surface area contributed by atoms with Crippen molar-refractivity contribution in [1.29, 1.82) is 0 Å². The van der Waals surface area contributed by atoms with E-state index in [1.807, 2.05) is 0 Å². The van der Waals surface area contributed by atoms with Crippen LogP contribution in [0.5, 0.6) is 0 Å². The molecular formula is C14H16F2N2OS. The van der Waals surface area contributed by atoms with Crippen LogP contribution in [0.25, 0.3) is 0 Å². The first-order valence-corrected chi connectivity index (χ1v) is 6.47. The van der Waals surface area contributed by atoms with Crippen molar-refractivity contribution in [3.63, 3.8) is 0 Å². The largest absolute Gasteiger partial charge is 0.351 e. The number of hydrogen-bond donors (Lipinski definition) is 1. The molecule has 1 amide bonds. The van der Waals surface area contributed by atoms with Crippen molar-refractivity contribution in [3.05, 3.63) is 29.3 Å². The zero-order valence-corrected chi connectivity index (χ0v) is 12.4. The number of halogens is 2. The minimum atomic E-state index is -0.799. The summed E-state index contributed by atoms with van der Waals surface area (Å²) >= 11 is 4.52. The van der Waals surface area contributed by atoms with E-state index in [-0.39, 0.29) is 18.0 Å². The van der Waals surface area contributed by atoms with Crippen LogP contribution >= 0.6 is 12.2 Å². The second kappa shape index (κ2) is 6.65. The van der Waals surface area contributed by atoms with Crippen LogP contribution in [-0.4, -0.2) is 17.5 Å². The molecule has 0 fully saturated rings. The van der Waals surface area contributed by atoms with Crippen LogP contribution in [0.2, 0.25) is 0 Å². The number of thiocarbonyl (C=S) groups is 1. The van der Waals surface area contributed by atoms with Crippen molar-refractivity contribution in [2.45, 2.75) is 27.3 Å². The van der Waals surface area contributed by atoms with Gasteiger partial charge >= 0.3 is 0 Å². The minimum Gasteiger partial charge on any atom is -0.351 e. The van der Waals surface area contributed by atoms with Crippen LogP contribution in [-0.2, 0) is 11.3 Å². The Bertz CT molecular complexity index is 551. The number of nitrogens with zero attached hydrogens (tertiary/aromatic N) is 1. The van der Waals surface area contributed by atoms with Gasteiger partial charge in [-0.2, -0.15) is 0 Å². The first kappa shape index (κ1) is 16.4. The topological polar surface area (TPSA) is 41.5 Å². The number of nitrogens with one attached hydrogen (secondary N) is 1. The third kappa shape index (κ3) is 4.16. The summed E-state index contributed by atoms with van der Waals surface area (Å²) in [5.74, 6) is -1.79. The van der Waals surface area contributed by atoms with Gasteiger partial charge in [0.1, 0.15) is 5.69 Å². The predicted octanol–water partition coefficient (Wildman–Crippen LogP) is 3.33. The van der Waals surface area contributed by atoms with Gasteiger partial charge in [0.2, 0.25) is 5.91 Å². The van der Waals surface area contributed by atoms with Gasteiger partial charge in [0.25, 0.3) is 0 Å². The van der Waals surface area contributed by atoms with Crippen LogP contribution in [0.3, 0.4) is 0 Å². The van der Waals surface area contributed by atoms with Gasteiger partial charge in [-0.05, 0) is 6.07 Å². The Balaban J connectivity index is 2.95. The lowest BCUT2D eigenvalue weighted by Gasteiger charge is -2.18. The highest BCUT2D eigenvalue weighted by Gasteiger charge is 2.21. The predicted molar refractivity (Wildman–Crippen MR) is 79.5 cm³/mol. The molecule has 0 bridgehead atoms. The Morgan fingerprint density at radius 3 is 2.60 bits per heavy atom. The van der Waals surface area contributed by atoms with Gasteiger partial charge in [0.15, 0.2) is 11.6 Å². The number of carbonyl (C=O) groups is 1. The van der Waals surface area contributed by atoms with Crippen LogP contribution in [0, 0.1) is 17.0 Å². The second-order valence-electron chi connectivity index (χ2n) is 5.22. The van der Waals surface area contributed by atoms with Gasteiger partial charge in [-0.15, -0.1) is 0 Å². The van der Waals surface area contributed by atoms with Gasteiger partial charge in [-0.25, -0.2) is 13.8 Å². The van der Waals surface area contributed by atoms with E-state index in [1.165, 1.54) is 6.07 Å². The quantitative estimate of drug-likeness (QED) is 0.684. The molecule has 0 aromatic heterocycles. The van der Waals surface area contributed by atoms with Gasteiger partial charge < -0.3 is 5.32 Å². The maximum absolute atomic E-state index is 14.1. The lowest BCUT2D eigenvalue weighted by Crippen LogP contribution is -2.34. The summed E-state index contributed by atoms with van der Waals surface area (Å²) in [5, 5.41) is 3.76. The summed E-state index contributed by atoms with van der Waals surface area (Å²) in [4.78, 5) is 15.3. The summed E-state index contributed by atoms with van der Waals surface area (Å²) < 4.78 is 27.5. The van der Waals surface area contributed by atoms with Crippen LogP contribution in [0.15, 0.2) is 17.1 Å². The molecule has 0 aliphatic carbocycles. The number of rotatable bonds is 4. The molecule has 3 nitrogen and oxygen atoms in total. The smallest absolute Gasteiger partial charge is 0.225 e. The first-order valence-electron chi connectivity index (χ1n) is 6.00. The van der Waals surface area contributed by atoms with Crippen molar-refractivity contribution in [2.75, 3.05) is 0 Å². The molecule has 0 unspecified atom stereocenters. The lowest BCUT2D eigenvalue weighted by atomic mass is 9.95. The van der Waals surface area contributed by atoms with Crippen molar-refractivity contribution in [1.82, 2.24) is 5.32 Å². The fourth-order valence-electron chi connectivity index (χ4n) is 1.38. The molecule has 1 aromatic carbocycles. The van der Waals surface area contributed by atoms with E-state index in [0.717, 1.165) is 17.6 Å². The molecular weight excluding hydrogens is 282 g/mol. The van der Waals surface area contributed by atoms with Crippen molar-refractivity contribution < 1.29 is 13.6 Å². The first-order chi connectivity index (χ1) is 9.27. The fourth-order valence-corrected chi connectivity index (χ4v) is 1.44. The van der Waals surface area contributed by atoms with Crippen molar-refractivity contribution in [2.24, 2.45) is 10.4 Å². The van der Waals surface area contributed by atoms with Crippen molar-refractivity contribution >= 4 is 35.4 Å². The second-order valence-corrected chi connectivity index (χ2v) is 5.49. The number of amides is 1. The highest BCUT2D eigenvalue weighted by Crippen LogP contribution is 2.25. The monoisotopic (exact) mass is 298 g/mol. The highest BCUT2D eigenvalue weighted by atomic mass is 32.1. The standard InChI is InChI=1S/C14H16F2N2OS/c1-14(2,3)13(19)18-8-9-4-5-10(15)12(11(9)16)17-6-7-20/h4-7H,8H2,1-3H3,(H,18,19). The Morgan fingerprint density at radius 2 is 2.05 bits per heavy atom. The third-order valence-electron chi connectivity index (χ3n) is 2.53. The SMILES string of the molecule is CC(C)(C)C(=O)NCc1ccc(F)c(N=CC=S)c1F. The lowest BCUT2D eigenvalue weighted by molar-refractivity contribution is -0.128. The summed E-state index contributed by atoms with van der Waals surface area (Å²) in [7, 11) is 0. The zero-order chi connectivity index (χ0) is 15.3. The van der Waals surface area contributed by atoms with E-state index < -0.39 is 22.7 Å². The van der Waals surface area contributed by atoms with Gasteiger partial charge in [0.05, 0.1) is 0 Å². The Labute approximate surface area is 122 Å². The molecule has 0 spiro atoms. The highest BCUT2D eigenvalue weighted by molar-refractivity contribution is 7.80. The summed E-state index contributed by atoms with van der Waals surface area (Å²) in [6.45, 7) is 5.22. The average Bonchev–Trinajstić information content (AvgIpc) is 2.36. The molecule has 0 atom stereocenters. The summed E-state index contributed by atoms with van der Waals surface area (Å²) in [6.07, 6.45) is 1.13. The van der Waals surface area contributed by atoms with E-state index in [2.05, 4.69) is 22.5 Å². The molecule has 0 radical (unpaired) electrons. The van der Waals surface area contributed by atoms with Gasteiger partial charge in [-0.3, -0.25) is 4.79 Å². The molecule has 1 N–H and O–H groups in total. The molecule has 0 heterocycles. The normalized spacial score (nSPS) is 11.7. The number of hydrogen-bond acceptors (Lipinski definition) is 3. The zero-order valence-electron chi connectivity index (χ0n) is 11.5. The van der Waals surface area contributed by atoms with Gasteiger partial charge in [-0.1, -0.05) is 39.1 Å².